The molecule has 0 saturated carbocycles. The maximum Gasteiger partial charge on any atom is 0.293 e. The molecule has 1 aromatic carbocycles. The molecule has 0 aliphatic carbocycles. The van der Waals surface area contributed by atoms with Gasteiger partial charge in [0.05, 0.1) is 6.61 Å². The molecule has 0 bridgehead atoms. The molecule has 0 saturated heterocycles. The molecule has 0 N–H and O–H groups in total. The molecule has 3 nitrogen and oxygen atoms in total. The van der Waals surface area contributed by atoms with Crippen LogP contribution in [0, 0.1) is 0 Å². The predicted molar refractivity (Wildman–Crippen MR) is 82.7 cm³/mol. The molecule has 1 rings (SSSR count). The lowest BCUT2D eigenvalue weighted by Gasteiger charge is -2.26. The molecule has 0 spiro atoms. The van der Waals surface area contributed by atoms with Gasteiger partial charge in [-0.2, -0.15) is 0 Å². The lowest BCUT2D eigenvalue weighted by molar-refractivity contribution is 0.336. The van der Waals surface area contributed by atoms with E-state index in [1.165, 1.54) is 0 Å². The molecule has 106 valence electrons. The van der Waals surface area contributed by atoms with Crippen LogP contribution in [0.1, 0.15) is 34.6 Å². The SMILES string of the molecule is CC.CC.CCOP(C)(=O)N(C)c1ccccc1. The topological polar surface area (TPSA) is 29.5 Å². The van der Waals surface area contributed by atoms with E-state index < -0.39 is 7.52 Å². The van der Waals surface area contributed by atoms with Crippen molar-refractivity contribution in [3.05, 3.63) is 30.3 Å². The average molecular weight is 273 g/mol. The standard InChI is InChI=1S/C10H16NO2P.2C2H6/c1-4-13-14(3,12)11(2)10-8-6-5-7-9-10;2*1-2/h5-9H,4H2,1-3H3;2*1-2H3. The highest BCUT2D eigenvalue weighted by molar-refractivity contribution is 7.59. The van der Waals surface area contributed by atoms with Crippen molar-refractivity contribution in [3.63, 3.8) is 0 Å². The molecule has 1 unspecified atom stereocenters. The fourth-order valence-corrected chi connectivity index (χ4v) is 2.38. The maximum absolute atomic E-state index is 12.0. The summed E-state index contributed by atoms with van der Waals surface area (Å²) >= 11 is 0. The molecule has 4 heteroatoms. The Hall–Kier alpha value is -0.790. The van der Waals surface area contributed by atoms with Crippen LogP contribution in [0.4, 0.5) is 5.69 Å². The first kappa shape index (κ1) is 19.5. The van der Waals surface area contributed by atoms with Gasteiger partial charge in [0.2, 0.25) is 0 Å². The van der Waals surface area contributed by atoms with Crippen molar-refractivity contribution < 1.29 is 9.09 Å². The smallest absolute Gasteiger partial charge is 0.293 e. The van der Waals surface area contributed by atoms with Crippen LogP contribution in [0.3, 0.4) is 0 Å². The summed E-state index contributed by atoms with van der Waals surface area (Å²) in [6, 6.07) is 9.58. The summed E-state index contributed by atoms with van der Waals surface area (Å²) in [5.74, 6) is 0. The van der Waals surface area contributed by atoms with Gasteiger partial charge >= 0.3 is 0 Å². The van der Waals surface area contributed by atoms with Gasteiger partial charge in [0.1, 0.15) is 0 Å². The second-order valence-corrected chi connectivity index (χ2v) is 5.54. The zero-order valence-electron chi connectivity index (χ0n) is 12.8. The highest BCUT2D eigenvalue weighted by atomic mass is 31.2. The molecule has 1 atom stereocenters. The lowest BCUT2D eigenvalue weighted by atomic mass is 10.3. The van der Waals surface area contributed by atoms with E-state index in [1.54, 1.807) is 18.4 Å². The van der Waals surface area contributed by atoms with Crippen LogP contribution >= 0.6 is 7.52 Å². The molecule has 0 aromatic heterocycles. The van der Waals surface area contributed by atoms with Crippen molar-refractivity contribution in [1.29, 1.82) is 0 Å². The molecule has 0 heterocycles. The largest absolute Gasteiger partial charge is 0.314 e. The van der Waals surface area contributed by atoms with Gasteiger partial charge in [-0.15, -0.1) is 0 Å². The summed E-state index contributed by atoms with van der Waals surface area (Å²) in [6.07, 6.45) is 0. The number of hydrogen-bond acceptors (Lipinski definition) is 2. The van der Waals surface area contributed by atoms with E-state index in [1.807, 2.05) is 65.0 Å². The van der Waals surface area contributed by atoms with Crippen LogP contribution in [0.25, 0.3) is 0 Å². The maximum atomic E-state index is 12.0. The third-order valence-corrected chi connectivity index (χ3v) is 4.10. The van der Waals surface area contributed by atoms with Crippen LogP contribution in [-0.4, -0.2) is 20.3 Å². The average Bonchev–Trinajstić information content (AvgIpc) is 2.43. The summed E-state index contributed by atoms with van der Waals surface area (Å²) in [4.78, 5) is 0. The number of hydrogen-bond donors (Lipinski definition) is 0. The van der Waals surface area contributed by atoms with Gasteiger partial charge in [0, 0.05) is 19.4 Å². The Morgan fingerprint density at radius 2 is 1.56 bits per heavy atom. The Kier molecular flexibility index (Phi) is 12.3. The molecule has 0 aliphatic rings. The van der Waals surface area contributed by atoms with Gasteiger partial charge in [-0.05, 0) is 19.1 Å². The highest BCUT2D eigenvalue weighted by Crippen LogP contribution is 2.47. The number of anilines is 1. The fraction of sp³-hybridized carbons (Fsp3) is 0.571. The van der Waals surface area contributed by atoms with Gasteiger partial charge < -0.3 is 9.19 Å². The highest BCUT2D eigenvalue weighted by Gasteiger charge is 2.21. The zero-order valence-corrected chi connectivity index (χ0v) is 13.7. The Labute approximate surface area is 113 Å². The van der Waals surface area contributed by atoms with Crippen molar-refractivity contribution in [2.75, 3.05) is 25.0 Å². The van der Waals surface area contributed by atoms with Gasteiger partial charge in [-0.3, -0.25) is 4.57 Å². The van der Waals surface area contributed by atoms with Crippen LogP contribution in [0.15, 0.2) is 30.3 Å². The van der Waals surface area contributed by atoms with Crippen LogP contribution < -0.4 is 4.67 Å². The molecular weight excluding hydrogens is 245 g/mol. The normalized spacial score (nSPS) is 12.2. The summed E-state index contributed by atoms with van der Waals surface area (Å²) in [5.41, 5.74) is 0.909. The van der Waals surface area contributed by atoms with E-state index in [4.69, 9.17) is 4.52 Å². The van der Waals surface area contributed by atoms with Gasteiger partial charge in [0.15, 0.2) is 0 Å². The number of para-hydroxylation sites is 1. The van der Waals surface area contributed by atoms with E-state index in [-0.39, 0.29) is 0 Å². The van der Waals surface area contributed by atoms with E-state index >= 15 is 0 Å². The Morgan fingerprint density at radius 1 is 1.11 bits per heavy atom. The molecule has 18 heavy (non-hydrogen) atoms. The zero-order chi connectivity index (χ0) is 14.6. The van der Waals surface area contributed by atoms with Gasteiger partial charge in [0.25, 0.3) is 7.52 Å². The van der Waals surface area contributed by atoms with E-state index in [0.717, 1.165) is 5.69 Å². The first-order chi connectivity index (χ1) is 8.58. The molecule has 0 aliphatic heterocycles. The van der Waals surface area contributed by atoms with Gasteiger partial charge in [-0.25, -0.2) is 0 Å². The van der Waals surface area contributed by atoms with E-state index in [0.29, 0.717) is 6.61 Å². The summed E-state index contributed by atoms with van der Waals surface area (Å²) < 4.78 is 18.9. The van der Waals surface area contributed by atoms with Crippen molar-refractivity contribution in [2.24, 2.45) is 0 Å². The Bertz CT molecular complexity index is 328. The molecule has 0 radical (unpaired) electrons. The predicted octanol–water partition coefficient (Wildman–Crippen LogP) is 5.03. The monoisotopic (exact) mass is 273 g/mol. The summed E-state index contributed by atoms with van der Waals surface area (Å²) in [5, 5.41) is 0. The molecular formula is C14H28NO2P. The van der Waals surface area contributed by atoms with Crippen LogP contribution in [-0.2, 0) is 9.09 Å². The second kappa shape index (κ2) is 11.3. The second-order valence-electron chi connectivity index (χ2n) is 3.08. The van der Waals surface area contributed by atoms with Crippen LogP contribution in [0.5, 0.6) is 0 Å². The molecule has 0 amide bonds. The third-order valence-electron chi connectivity index (χ3n) is 2.04. The number of rotatable bonds is 4. The van der Waals surface area contributed by atoms with Crippen molar-refractivity contribution in [2.45, 2.75) is 34.6 Å². The third kappa shape index (κ3) is 6.83. The van der Waals surface area contributed by atoms with Crippen molar-refractivity contribution in [1.82, 2.24) is 0 Å². The van der Waals surface area contributed by atoms with Crippen LogP contribution in [0.2, 0.25) is 0 Å². The first-order valence-electron chi connectivity index (χ1n) is 6.59. The Balaban J connectivity index is 0. The van der Waals surface area contributed by atoms with E-state index in [2.05, 4.69) is 0 Å². The first-order valence-corrected chi connectivity index (χ1v) is 8.61. The number of benzene rings is 1. The van der Waals surface area contributed by atoms with E-state index in [9.17, 15) is 4.57 Å². The minimum Gasteiger partial charge on any atom is -0.314 e. The molecule has 0 fully saturated rings. The Morgan fingerprint density at radius 3 is 1.94 bits per heavy atom. The fourth-order valence-electron chi connectivity index (χ4n) is 1.18. The summed E-state index contributed by atoms with van der Waals surface area (Å²) in [6.45, 7) is 11.9. The minimum atomic E-state index is -2.67. The minimum absolute atomic E-state index is 0.463. The van der Waals surface area contributed by atoms with Crippen molar-refractivity contribution in [3.8, 4) is 0 Å². The van der Waals surface area contributed by atoms with Gasteiger partial charge in [-0.1, -0.05) is 45.9 Å². The molecule has 1 aromatic rings. The van der Waals surface area contributed by atoms with Crippen molar-refractivity contribution >= 4 is 13.2 Å². The quantitative estimate of drug-likeness (QED) is 0.720. The number of nitrogens with zero attached hydrogens (tertiary/aromatic N) is 1. The lowest BCUT2D eigenvalue weighted by Crippen LogP contribution is -2.14. The summed E-state index contributed by atoms with van der Waals surface area (Å²) in [7, 11) is -0.889.